The summed E-state index contributed by atoms with van der Waals surface area (Å²) in [6.07, 6.45) is 0.285. The highest BCUT2D eigenvalue weighted by atomic mass is 32.2. The lowest BCUT2D eigenvalue weighted by Crippen LogP contribution is -2.20. The Balaban J connectivity index is 2.23. The normalized spacial score (nSPS) is 30.7. The molecule has 1 saturated heterocycles. The standard InChI is InChI=1S/C12H16OS/c1-9(2)13-12(10(3)14-12)11-7-5-4-6-8-11/h4-10H,1-3H3. The third-order valence-electron chi connectivity index (χ3n) is 2.42. The molecule has 0 radical (unpaired) electrons. The van der Waals surface area contributed by atoms with Gasteiger partial charge in [-0.25, -0.2) is 0 Å². The van der Waals surface area contributed by atoms with Crippen molar-refractivity contribution in [3.8, 4) is 0 Å². The van der Waals surface area contributed by atoms with E-state index < -0.39 is 0 Å². The fraction of sp³-hybridized carbons (Fsp3) is 0.500. The van der Waals surface area contributed by atoms with Crippen LogP contribution in [0.4, 0.5) is 0 Å². The van der Waals surface area contributed by atoms with Crippen molar-refractivity contribution in [1.29, 1.82) is 0 Å². The molecule has 1 nitrogen and oxygen atoms in total. The van der Waals surface area contributed by atoms with Crippen molar-refractivity contribution in [1.82, 2.24) is 0 Å². The van der Waals surface area contributed by atoms with Crippen molar-refractivity contribution in [3.63, 3.8) is 0 Å². The third-order valence-corrected chi connectivity index (χ3v) is 3.88. The first-order chi connectivity index (χ1) is 6.65. The Labute approximate surface area is 89.9 Å². The summed E-state index contributed by atoms with van der Waals surface area (Å²) in [5.74, 6) is 0. The zero-order valence-corrected chi connectivity index (χ0v) is 9.67. The van der Waals surface area contributed by atoms with Crippen LogP contribution in [0.25, 0.3) is 0 Å². The molecule has 0 saturated carbocycles. The van der Waals surface area contributed by atoms with Crippen LogP contribution < -0.4 is 0 Å². The molecule has 2 rings (SSSR count). The van der Waals surface area contributed by atoms with Crippen molar-refractivity contribution in [2.24, 2.45) is 0 Å². The molecule has 0 amide bonds. The van der Waals surface area contributed by atoms with E-state index in [2.05, 4.69) is 45.0 Å². The molecule has 1 aromatic carbocycles. The van der Waals surface area contributed by atoms with Crippen LogP contribution in [0.3, 0.4) is 0 Å². The molecule has 1 fully saturated rings. The van der Waals surface area contributed by atoms with Crippen LogP contribution in [-0.4, -0.2) is 11.4 Å². The first-order valence-electron chi connectivity index (χ1n) is 5.06. The van der Waals surface area contributed by atoms with Crippen LogP contribution in [0.5, 0.6) is 0 Å². The van der Waals surface area contributed by atoms with Gasteiger partial charge in [0.05, 0.1) is 6.10 Å². The summed E-state index contributed by atoms with van der Waals surface area (Å²) in [6, 6.07) is 10.5. The molecule has 14 heavy (non-hydrogen) atoms. The first-order valence-corrected chi connectivity index (χ1v) is 5.94. The fourth-order valence-corrected chi connectivity index (χ4v) is 2.91. The van der Waals surface area contributed by atoms with E-state index in [1.165, 1.54) is 5.56 Å². The van der Waals surface area contributed by atoms with Crippen LogP contribution in [0.2, 0.25) is 0 Å². The third kappa shape index (κ3) is 1.69. The maximum Gasteiger partial charge on any atom is 0.151 e. The largest absolute Gasteiger partial charge is 0.356 e. The number of rotatable bonds is 3. The highest BCUT2D eigenvalue weighted by Gasteiger charge is 2.55. The Kier molecular flexibility index (Phi) is 2.58. The van der Waals surface area contributed by atoms with E-state index in [0.717, 1.165) is 0 Å². The number of hydrogen-bond acceptors (Lipinski definition) is 2. The molecule has 1 aromatic rings. The number of thioether (sulfide) groups is 1. The lowest BCUT2D eigenvalue weighted by Gasteiger charge is -2.19. The zero-order valence-electron chi connectivity index (χ0n) is 8.86. The van der Waals surface area contributed by atoms with E-state index >= 15 is 0 Å². The van der Waals surface area contributed by atoms with E-state index in [-0.39, 0.29) is 11.0 Å². The van der Waals surface area contributed by atoms with Gasteiger partial charge in [0.25, 0.3) is 0 Å². The lowest BCUT2D eigenvalue weighted by molar-refractivity contribution is 0.00364. The average molecular weight is 208 g/mol. The second-order valence-corrected chi connectivity index (χ2v) is 5.51. The Morgan fingerprint density at radius 1 is 1.29 bits per heavy atom. The molecule has 2 heteroatoms. The Bertz CT molecular complexity index is 309. The monoisotopic (exact) mass is 208 g/mol. The maximum absolute atomic E-state index is 6.01. The molecule has 0 aliphatic carbocycles. The Morgan fingerprint density at radius 3 is 2.29 bits per heavy atom. The second-order valence-electron chi connectivity index (χ2n) is 3.96. The zero-order chi connectivity index (χ0) is 10.2. The Morgan fingerprint density at radius 2 is 1.86 bits per heavy atom. The minimum Gasteiger partial charge on any atom is -0.356 e. The summed E-state index contributed by atoms with van der Waals surface area (Å²) in [6.45, 7) is 6.41. The Hall–Kier alpha value is -0.470. The molecule has 0 spiro atoms. The van der Waals surface area contributed by atoms with Gasteiger partial charge in [0.2, 0.25) is 0 Å². The van der Waals surface area contributed by atoms with E-state index in [9.17, 15) is 0 Å². The quantitative estimate of drug-likeness (QED) is 0.704. The molecule has 1 aliphatic rings. The molecule has 0 N–H and O–H groups in total. The van der Waals surface area contributed by atoms with E-state index in [1.807, 2.05) is 17.8 Å². The highest BCUT2D eigenvalue weighted by molar-refractivity contribution is 8.07. The van der Waals surface area contributed by atoms with Crippen molar-refractivity contribution in [2.75, 3.05) is 0 Å². The predicted molar refractivity (Wildman–Crippen MR) is 61.4 cm³/mol. The SMILES string of the molecule is CC(C)OC1(c2ccccc2)SC1C. The smallest absolute Gasteiger partial charge is 0.151 e. The molecule has 1 heterocycles. The average Bonchev–Trinajstić information content (AvgIpc) is 2.78. The highest BCUT2D eigenvalue weighted by Crippen LogP contribution is 2.62. The van der Waals surface area contributed by atoms with Crippen molar-refractivity contribution in [3.05, 3.63) is 35.9 Å². The van der Waals surface area contributed by atoms with Gasteiger partial charge in [0.15, 0.2) is 4.93 Å². The summed E-state index contributed by atoms with van der Waals surface area (Å²) in [4.78, 5) is -0.0601. The van der Waals surface area contributed by atoms with Crippen LogP contribution in [0, 0.1) is 0 Å². The number of ether oxygens (including phenoxy) is 1. The number of benzene rings is 1. The van der Waals surface area contributed by atoms with E-state index in [1.54, 1.807) is 0 Å². The van der Waals surface area contributed by atoms with Gasteiger partial charge in [-0.2, -0.15) is 0 Å². The summed E-state index contributed by atoms with van der Waals surface area (Å²) in [5.41, 5.74) is 1.30. The molecule has 1 aliphatic heterocycles. The van der Waals surface area contributed by atoms with Crippen LogP contribution in [0.15, 0.2) is 30.3 Å². The van der Waals surface area contributed by atoms with Gasteiger partial charge in [-0.1, -0.05) is 30.3 Å². The van der Waals surface area contributed by atoms with E-state index in [0.29, 0.717) is 5.25 Å². The van der Waals surface area contributed by atoms with Gasteiger partial charge in [0, 0.05) is 5.25 Å². The van der Waals surface area contributed by atoms with Gasteiger partial charge in [0.1, 0.15) is 0 Å². The van der Waals surface area contributed by atoms with Gasteiger partial charge >= 0.3 is 0 Å². The number of hydrogen-bond donors (Lipinski definition) is 0. The maximum atomic E-state index is 6.01. The summed E-state index contributed by atoms with van der Waals surface area (Å²) in [5, 5.41) is 0.576. The summed E-state index contributed by atoms with van der Waals surface area (Å²) >= 11 is 1.90. The van der Waals surface area contributed by atoms with Gasteiger partial charge in [-0.05, 0) is 26.3 Å². The minimum absolute atomic E-state index is 0.0601. The molecule has 0 bridgehead atoms. The van der Waals surface area contributed by atoms with Crippen molar-refractivity contribution in [2.45, 2.75) is 37.1 Å². The van der Waals surface area contributed by atoms with Gasteiger partial charge < -0.3 is 4.74 Å². The van der Waals surface area contributed by atoms with Crippen LogP contribution >= 0.6 is 11.8 Å². The van der Waals surface area contributed by atoms with Crippen molar-refractivity contribution < 1.29 is 4.74 Å². The minimum atomic E-state index is -0.0601. The van der Waals surface area contributed by atoms with E-state index in [4.69, 9.17) is 4.74 Å². The van der Waals surface area contributed by atoms with Gasteiger partial charge in [-0.3, -0.25) is 0 Å². The predicted octanol–water partition coefficient (Wildman–Crippen LogP) is 3.40. The second kappa shape index (κ2) is 3.59. The fourth-order valence-electron chi connectivity index (χ4n) is 1.74. The molecule has 0 aromatic heterocycles. The summed E-state index contributed by atoms with van der Waals surface area (Å²) in [7, 11) is 0. The van der Waals surface area contributed by atoms with Gasteiger partial charge in [-0.15, -0.1) is 11.8 Å². The molecular weight excluding hydrogens is 192 g/mol. The summed E-state index contributed by atoms with van der Waals surface area (Å²) < 4.78 is 6.01. The topological polar surface area (TPSA) is 9.23 Å². The van der Waals surface area contributed by atoms with Crippen molar-refractivity contribution >= 4 is 11.8 Å². The van der Waals surface area contributed by atoms with Crippen LogP contribution in [-0.2, 0) is 9.67 Å². The molecule has 2 unspecified atom stereocenters. The lowest BCUT2D eigenvalue weighted by atomic mass is 10.1. The first kappa shape index (κ1) is 10.1. The molecule has 2 atom stereocenters. The molecule has 76 valence electrons. The van der Waals surface area contributed by atoms with Crippen LogP contribution in [0.1, 0.15) is 26.3 Å². The molecular formula is C12H16OS.